The third-order valence-electron chi connectivity index (χ3n) is 5.00. The van der Waals surface area contributed by atoms with Gasteiger partial charge < -0.3 is 14.7 Å². The van der Waals surface area contributed by atoms with Crippen LogP contribution in [-0.2, 0) is 6.54 Å². The second kappa shape index (κ2) is 7.72. The van der Waals surface area contributed by atoms with Gasteiger partial charge in [0, 0.05) is 12.1 Å². The molecule has 0 amide bonds. The van der Waals surface area contributed by atoms with Crippen molar-refractivity contribution in [1.29, 1.82) is 10.5 Å². The molecule has 142 valence electrons. The van der Waals surface area contributed by atoms with Gasteiger partial charge in [0.2, 0.25) is 6.19 Å². The predicted octanol–water partition coefficient (Wildman–Crippen LogP) is 3.53. The van der Waals surface area contributed by atoms with Gasteiger partial charge in [0.25, 0.3) is 0 Å². The molecule has 6 heteroatoms. The number of fused-ring (bicyclic) bond motifs is 1. The lowest BCUT2D eigenvalue weighted by Crippen LogP contribution is -2.54. The topological polar surface area (TPSA) is 92.6 Å². The number of rotatable bonds is 3. The first-order chi connectivity index (χ1) is 13.4. The Morgan fingerprint density at radius 3 is 2.57 bits per heavy atom. The Morgan fingerprint density at radius 2 is 1.93 bits per heavy atom. The molecule has 0 aliphatic carbocycles. The van der Waals surface area contributed by atoms with Gasteiger partial charge in [0.1, 0.15) is 23.3 Å². The summed E-state index contributed by atoms with van der Waals surface area (Å²) < 4.78 is 6.01. The Kier molecular flexibility index (Phi) is 5.35. The quantitative estimate of drug-likeness (QED) is 0.504. The van der Waals surface area contributed by atoms with E-state index in [1.165, 1.54) is 0 Å². The van der Waals surface area contributed by atoms with E-state index >= 15 is 0 Å². The van der Waals surface area contributed by atoms with E-state index in [1.807, 2.05) is 55.3 Å². The number of aliphatic imine (C=N–C) groups is 1. The molecule has 0 saturated heterocycles. The Hall–Kier alpha value is -3.35. The van der Waals surface area contributed by atoms with Crippen LogP contribution in [0.4, 0.5) is 0 Å². The van der Waals surface area contributed by atoms with Gasteiger partial charge in [0.15, 0.2) is 0 Å². The largest absolute Gasteiger partial charge is 0.485 e. The highest BCUT2D eigenvalue weighted by Crippen LogP contribution is 2.43. The van der Waals surface area contributed by atoms with Crippen LogP contribution in [0.1, 0.15) is 43.5 Å². The van der Waals surface area contributed by atoms with E-state index in [-0.39, 0.29) is 0 Å². The summed E-state index contributed by atoms with van der Waals surface area (Å²) in [6, 6.07) is 16.6. The lowest BCUT2D eigenvalue weighted by molar-refractivity contribution is -0.0828. The second-order valence-electron chi connectivity index (χ2n) is 7.33. The summed E-state index contributed by atoms with van der Waals surface area (Å²) in [4.78, 5) is 5.82. The van der Waals surface area contributed by atoms with E-state index < -0.39 is 17.7 Å². The standard InChI is InChI=1S/C22H22N4O2/c1-15(25-14-24)26(13-16-7-5-4-6-8-16)20-18-11-17(12-23)9-10-19(18)28-22(2,3)21(20)27/h4-11,20-21,27H,13H2,1-3H3. The normalized spacial score (nSPS) is 20.3. The first-order valence-electron chi connectivity index (χ1n) is 9.02. The van der Waals surface area contributed by atoms with Gasteiger partial charge in [0.05, 0.1) is 17.7 Å². The Morgan fingerprint density at radius 1 is 1.21 bits per heavy atom. The summed E-state index contributed by atoms with van der Waals surface area (Å²) in [5, 5.41) is 29.6. The molecular weight excluding hydrogens is 352 g/mol. The fourth-order valence-corrected chi connectivity index (χ4v) is 3.51. The van der Waals surface area contributed by atoms with E-state index in [2.05, 4.69) is 11.1 Å². The van der Waals surface area contributed by atoms with Crippen LogP contribution in [0.2, 0.25) is 0 Å². The zero-order chi connectivity index (χ0) is 20.3. The molecule has 1 heterocycles. The van der Waals surface area contributed by atoms with Crippen molar-refractivity contribution in [3.05, 3.63) is 65.2 Å². The van der Waals surface area contributed by atoms with Gasteiger partial charge in [-0.05, 0) is 44.5 Å². The average molecular weight is 374 g/mol. The number of aliphatic hydroxyl groups is 1. The first kappa shape index (κ1) is 19.4. The zero-order valence-electron chi connectivity index (χ0n) is 16.1. The highest BCUT2D eigenvalue weighted by molar-refractivity contribution is 5.81. The number of amidine groups is 1. The molecule has 2 unspecified atom stereocenters. The van der Waals surface area contributed by atoms with Gasteiger partial charge in [-0.25, -0.2) is 0 Å². The number of hydrogen-bond acceptors (Lipinski definition) is 5. The van der Waals surface area contributed by atoms with Crippen molar-refractivity contribution in [2.24, 2.45) is 4.99 Å². The molecule has 1 aliphatic rings. The third-order valence-corrected chi connectivity index (χ3v) is 5.00. The molecule has 0 aromatic heterocycles. The summed E-state index contributed by atoms with van der Waals surface area (Å²) in [6.45, 7) is 5.84. The summed E-state index contributed by atoms with van der Waals surface area (Å²) in [5.74, 6) is 1.10. The van der Waals surface area contributed by atoms with Crippen LogP contribution in [0.3, 0.4) is 0 Å². The molecule has 0 saturated carbocycles. The van der Waals surface area contributed by atoms with Gasteiger partial charge in [-0.15, -0.1) is 0 Å². The Bertz CT molecular complexity index is 970. The molecule has 2 aromatic rings. The zero-order valence-corrected chi connectivity index (χ0v) is 16.1. The van der Waals surface area contributed by atoms with Crippen molar-refractivity contribution in [1.82, 2.24) is 4.90 Å². The van der Waals surface area contributed by atoms with E-state index in [4.69, 9.17) is 10.00 Å². The number of nitriles is 2. The molecule has 0 fully saturated rings. The van der Waals surface area contributed by atoms with Gasteiger partial charge in [-0.3, -0.25) is 0 Å². The SMILES string of the molecule is CC(=NC#N)N(Cc1ccccc1)C1c2cc(C#N)ccc2OC(C)(C)C1O. The van der Waals surface area contributed by atoms with Crippen LogP contribution in [0.25, 0.3) is 0 Å². The van der Waals surface area contributed by atoms with Crippen molar-refractivity contribution in [2.45, 2.75) is 45.1 Å². The fourth-order valence-electron chi connectivity index (χ4n) is 3.51. The molecule has 28 heavy (non-hydrogen) atoms. The lowest BCUT2D eigenvalue weighted by Gasteiger charge is -2.47. The van der Waals surface area contributed by atoms with Gasteiger partial charge in [-0.1, -0.05) is 30.3 Å². The predicted molar refractivity (Wildman–Crippen MR) is 105 cm³/mol. The van der Waals surface area contributed by atoms with Crippen molar-refractivity contribution in [3.8, 4) is 18.0 Å². The second-order valence-corrected chi connectivity index (χ2v) is 7.33. The van der Waals surface area contributed by atoms with Crippen LogP contribution >= 0.6 is 0 Å². The minimum absolute atomic E-state index is 0.450. The van der Waals surface area contributed by atoms with Gasteiger partial charge >= 0.3 is 0 Å². The summed E-state index contributed by atoms with van der Waals surface area (Å²) >= 11 is 0. The summed E-state index contributed by atoms with van der Waals surface area (Å²) in [7, 11) is 0. The van der Waals surface area contributed by atoms with E-state index in [0.717, 1.165) is 5.56 Å². The number of ether oxygens (including phenoxy) is 1. The van der Waals surface area contributed by atoms with Crippen molar-refractivity contribution >= 4 is 5.84 Å². The third kappa shape index (κ3) is 3.69. The molecule has 0 spiro atoms. The van der Waals surface area contributed by atoms with E-state index in [1.54, 1.807) is 25.1 Å². The van der Waals surface area contributed by atoms with Crippen LogP contribution < -0.4 is 4.74 Å². The minimum Gasteiger partial charge on any atom is -0.485 e. The molecule has 6 nitrogen and oxygen atoms in total. The molecule has 3 rings (SSSR count). The highest BCUT2D eigenvalue weighted by atomic mass is 16.5. The van der Waals surface area contributed by atoms with Crippen LogP contribution in [0.15, 0.2) is 53.5 Å². The Balaban J connectivity index is 2.16. The molecule has 1 N–H and O–H groups in total. The minimum atomic E-state index is -0.901. The molecule has 1 aliphatic heterocycles. The average Bonchev–Trinajstić information content (AvgIpc) is 2.68. The van der Waals surface area contributed by atoms with Crippen LogP contribution in [0, 0.1) is 22.8 Å². The summed E-state index contributed by atoms with van der Waals surface area (Å²) in [5.41, 5.74) is 1.35. The number of aliphatic hydroxyl groups excluding tert-OH is 1. The maximum absolute atomic E-state index is 11.2. The maximum Gasteiger partial charge on any atom is 0.207 e. The van der Waals surface area contributed by atoms with Crippen molar-refractivity contribution < 1.29 is 9.84 Å². The highest BCUT2D eigenvalue weighted by Gasteiger charge is 2.46. The summed E-state index contributed by atoms with van der Waals surface area (Å²) in [6.07, 6.45) is 0.935. The van der Waals surface area contributed by atoms with Crippen molar-refractivity contribution in [3.63, 3.8) is 0 Å². The molecule has 0 radical (unpaired) electrons. The Labute approximate surface area is 164 Å². The van der Waals surface area contributed by atoms with Gasteiger partial charge in [-0.2, -0.15) is 15.5 Å². The maximum atomic E-state index is 11.2. The van der Waals surface area contributed by atoms with Crippen LogP contribution in [0.5, 0.6) is 5.75 Å². The number of nitrogens with zero attached hydrogens (tertiary/aromatic N) is 4. The fraction of sp³-hybridized carbons (Fsp3) is 0.318. The van der Waals surface area contributed by atoms with E-state index in [9.17, 15) is 10.4 Å². The smallest absolute Gasteiger partial charge is 0.207 e. The molecule has 2 atom stereocenters. The van der Waals surface area contributed by atoms with Crippen LogP contribution in [-0.4, -0.2) is 27.5 Å². The number of hydrogen-bond donors (Lipinski definition) is 1. The van der Waals surface area contributed by atoms with E-state index in [0.29, 0.717) is 29.3 Å². The van der Waals surface area contributed by atoms with Crippen molar-refractivity contribution in [2.75, 3.05) is 0 Å². The lowest BCUT2D eigenvalue weighted by atomic mass is 9.84. The first-order valence-corrected chi connectivity index (χ1v) is 9.02. The molecule has 0 bridgehead atoms. The number of benzene rings is 2. The monoisotopic (exact) mass is 374 g/mol. The molecular formula is C22H22N4O2. The molecule has 2 aromatic carbocycles.